The number of rotatable bonds is 5. The molecule has 0 aliphatic carbocycles. The summed E-state index contributed by atoms with van der Waals surface area (Å²) in [6, 6.07) is 8.05. The van der Waals surface area contributed by atoms with E-state index in [4.69, 9.17) is 14.5 Å². The SMILES string of the molecule is CCC(=O)N1CCCC(c2nc(Nc3cccc(F)c3)cc(-c3c(C)noc3C)n2)C1. The van der Waals surface area contributed by atoms with Crippen LogP contribution < -0.4 is 5.32 Å². The van der Waals surface area contributed by atoms with Crippen molar-refractivity contribution in [1.82, 2.24) is 20.0 Å². The van der Waals surface area contributed by atoms with Crippen LogP contribution in [0.1, 0.15) is 49.4 Å². The maximum Gasteiger partial charge on any atom is 0.222 e. The van der Waals surface area contributed by atoms with Crippen LogP contribution in [-0.4, -0.2) is 39.0 Å². The second-order valence-corrected chi connectivity index (χ2v) is 7.86. The third-order valence-electron chi connectivity index (χ3n) is 5.57. The molecule has 162 valence electrons. The normalized spacial score (nSPS) is 16.4. The molecule has 1 atom stereocenters. The second-order valence-electron chi connectivity index (χ2n) is 7.86. The summed E-state index contributed by atoms with van der Waals surface area (Å²) in [6.45, 7) is 6.95. The van der Waals surface area contributed by atoms with E-state index in [1.807, 2.05) is 31.7 Å². The molecule has 3 heterocycles. The topological polar surface area (TPSA) is 84.2 Å². The van der Waals surface area contributed by atoms with Gasteiger partial charge in [0.25, 0.3) is 0 Å². The first-order valence-corrected chi connectivity index (χ1v) is 10.6. The third kappa shape index (κ3) is 4.57. The van der Waals surface area contributed by atoms with Crippen molar-refractivity contribution in [3.63, 3.8) is 0 Å². The average Bonchev–Trinajstić information content (AvgIpc) is 3.11. The summed E-state index contributed by atoms with van der Waals surface area (Å²) in [5.41, 5.74) is 2.86. The Balaban J connectivity index is 1.73. The van der Waals surface area contributed by atoms with Gasteiger partial charge in [-0.05, 0) is 44.9 Å². The lowest BCUT2D eigenvalue weighted by atomic mass is 9.96. The number of carbonyl (C=O) groups excluding carboxylic acids is 1. The summed E-state index contributed by atoms with van der Waals surface area (Å²) in [7, 11) is 0. The van der Waals surface area contributed by atoms with E-state index in [1.54, 1.807) is 12.1 Å². The van der Waals surface area contributed by atoms with E-state index in [0.717, 1.165) is 30.6 Å². The smallest absolute Gasteiger partial charge is 0.222 e. The van der Waals surface area contributed by atoms with E-state index < -0.39 is 0 Å². The Hall–Kier alpha value is -3.29. The molecule has 1 aromatic carbocycles. The van der Waals surface area contributed by atoms with Crippen molar-refractivity contribution in [3.05, 3.63) is 53.4 Å². The Morgan fingerprint density at radius 2 is 2.13 bits per heavy atom. The van der Waals surface area contributed by atoms with Crippen molar-refractivity contribution in [3.8, 4) is 11.3 Å². The maximum absolute atomic E-state index is 13.7. The summed E-state index contributed by atoms with van der Waals surface area (Å²) in [5, 5.41) is 7.24. The van der Waals surface area contributed by atoms with Crippen LogP contribution in [0.5, 0.6) is 0 Å². The van der Waals surface area contributed by atoms with Gasteiger partial charge in [0.2, 0.25) is 5.91 Å². The van der Waals surface area contributed by atoms with E-state index >= 15 is 0 Å². The van der Waals surface area contributed by atoms with Crippen molar-refractivity contribution >= 4 is 17.4 Å². The predicted octanol–water partition coefficient (Wildman–Crippen LogP) is 4.75. The summed E-state index contributed by atoms with van der Waals surface area (Å²) in [5.74, 6) is 1.73. The molecule has 1 fully saturated rings. The number of hydrogen-bond acceptors (Lipinski definition) is 6. The summed E-state index contributed by atoms with van der Waals surface area (Å²) in [6.07, 6.45) is 2.29. The summed E-state index contributed by atoms with van der Waals surface area (Å²) >= 11 is 0. The number of likely N-dealkylation sites (tertiary alicyclic amines) is 1. The van der Waals surface area contributed by atoms with Crippen LogP contribution in [0.15, 0.2) is 34.9 Å². The molecule has 2 aromatic heterocycles. The Kier molecular flexibility index (Phi) is 5.97. The molecular formula is C23H26FN5O2. The van der Waals surface area contributed by atoms with Crippen LogP contribution in [0.3, 0.4) is 0 Å². The van der Waals surface area contributed by atoms with Gasteiger partial charge in [-0.3, -0.25) is 4.79 Å². The van der Waals surface area contributed by atoms with Gasteiger partial charge in [-0.1, -0.05) is 18.1 Å². The predicted molar refractivity (Wildman–Crippen MR) is 116 cm³/mol. The van der Waals surface area contributed by atoms with Gasteiger partial charge in [0.1, 0.15) is 23.2 Å². The van der Waals surface area contributed by atoms with Crippen molar-refractivity contribution in [2.45, 2.75) is 46.0 Å². The van der Waals surface area contributed by atoms with E-state index in [9.17, 15) is 9.18 Å². The van der Waals surface area contributed by atoms with Crippen molar-refractivity contribution in [1.29, 1.82) is 0 Å². The van der Waals surface area contributed by atoms with Gasteiger partial charge in [0, 0.05) is 37.2 Å². The molecule has 7 nitrogen and oxygen atoms in total. The number of aryl methyl sites for hydroxylation is 2. The molecule has 1 amide bonds. The van der Waals surface area contributed by atoms with Crippen molar-refractivity contribution in [2.75, 3.05) is 18.4 Å². The number of benzene rings is 1. The van der Waals surface area contributed by atoms with Gasteiger partial charge in [0.15, 0.2) is 0 Å². The third-order valence-corrected chi connectivity index (χ3v) is 5.57. The first kappa shape index (κ1) is 21.0. The number of piperidine rings is 1. The second kappa shape index (κ2) is 8.83. The standard InChI is InChI=1S/C23H26FN5O2/c1-4-21(30)29-10-6-7-16(13-29)23-26-19(22-14(2)28-31-15(22)3)12-20(27-23)25-18-9-5-8-17(24)11-18/h5,8-9,11-12,16H,4,6-7,10,13H2,1-3H3,(H,25,26,27). The number of carbonyl (C=O) groups is 1. The largest absolute Gasteiger partial charge is 0.361 e. The minimum absolute atomic E-state index is 0.0257. The number of nitrogens with one attached hydrogen (secondary N) is 1. The zero-order valence-corrected chi connectivity index (χ0v) is 18.0. The van der Waals surface area contributed by atoms with Gasteiger partial charge in [-0.15, -0.1) is 0 Å². The molecule has 3 aromatic rings. The van der Waals surface area contributed by atoms with Gasteiger partial charge in [-0.2, -0.15) is 0 Å². The molecule has 8 heteroatoms. The molecule has 0 saturated carbocycles. The Morgan fingerprint density at radius 3 is 2.84 bits per heavy atom. The van der Waals surface area contributed by atoms with Crippen LogP contribution in [0, 0.1) is 19.7 Å². The number of aromatic nitrogens is 3. The summed E-state index contributed by atoms with van der Waals surface area (Å²) < 4.78 is 19.0. The Labute approximate surface area is 180 Å². The lowest BCUT2D eigenvalue weighted by molar-refractivity contribution is -0.132. The Morgan fingerprint density at radius 1 is 1.29 bits per heavy atom. The quantitative estimate of drug-likeness (QED) is 0.638. The number of halogens is 1. The number of anilines is 2. The minimum Gasteiger partial charge on any atom is -0.361 e. The van der Waals surface area contributed by atoms with Gasteiger partial charge >= 0.3 is 0 Å². The first-order valence-electron chi connectivity index (χ1n) is 10.6. The fraction of sp³-hybridized carbons (Fsp3) is 0.391. The molecule has 31 heavy (non-hydrogen) atoms. The van der Waals surface area contributed by atoms with E-state index in [2.05, 4.69) is 10.5 Å². The molecule has 0 radical (unpaired) electrons. The van der Waals surface area contributed by atoms with Gasteiger partial charge in [0.05, 0.1) is 17.0 Å². The fourth-order valence-corrected chi connectivity index (χ4v) is 4.04. The zero-order valence-electron chi connectivity index (χ0n) is 18.0. The Bertz CT molecular complexity index is 1080. The number of hydrogen-bond donors (Lipinski definition) is 1. The number of nitrogens with zero attached hydrogens (tertiary/aromatic N) is 4. The molecule has 0 bridgehead atoms. The van der Waals surface area contributed by atoms with Gasteiger partial charge in [-0.25, -0.2) is 14.4 Å². The lowest BCUT2D eigenvalue weighted by Gasteiger charge is -2.32. The average molecular weight is 423 g/mol. The van der Waals surface area contributed by atoms with Crippen LogP contribution in [0.4, 0.5) is 15.9 Å². The van der Waals surface area contributed by atoms with Crippen molar-refractivity contribution < 1.29 is 13.7 Å². The van der Waals surface area contributed by atoms with Crippen LogP contribution >= 0.6 is 0 Å². The highest BCUT2D eigenvalue weighted by Gasteiger charge is 2.27. The molecule has 0 spiro atoms. The lowest BCUT2D eigenvalue weighted by Crippen LogP contribution is -2.39. The summed E-state index contributed by atoms with van der Waals surface area (Å²) in [4.78, 5) is 23.7. The van der Waals surface area contributed by atoms with E-state index in [0.29, 0.717) is 41.7 Å². The highest BCUT2D eigenvalue weighted by Crippen LogP contribution is 2.32. The molecule has 1 N–H and O–H groups in total. The molecule has 1 aliphatic heterocycles. The van der Waals surface area contributed by atoms with E-state index in [1.165, 1.54) is 12.1 Å². The molecule has 1 unspecified atom stereocenters. The minimum atomic E-state index is -0.328. The molecule has 4 rings (SSSR count). The molecule has 1 saturated heterocycles. The molecule has 1 aliphatic rings. The highest BCUT2D eigenvalue weighted by atomic mass is 19.1. The van der Waals surface area contributed by atoms with Crippen LogP contribution in [-0.2, 0) is 4.79 Å². The fourth-order valence-electron chi connectivity index (χ4n) is 4.04. The van der Waals surface area contributed by atoms with Crippen molar-refractivity contribution in [2.24, 2.45) is 0 Å². The van der Waals surface area contributed by atoms with Crippen LogP contribution in [0.2, 0.25) is 0 Å². The van der Waals surface area contributed by atoms with E-state index in [-0.39, 0.29) is 17.6 Å². The maximum atomic E-state index is 13.7. The monoisotopic (exact) mass is 423 g/mol. The molecular weight excluding hydrogens is 397 g/mol. The first-order chi connectivity index (χ1) is 14.9. The highest BCUT2D eigenvalue weighted by molar-refractivity contribution is 5.76. The van der Waals surface area contributed by atoms with Crippen LogP contribution in [0.25, 0.3) is 11.3 Å². The van der Waals surface area contributed by atoms with Gasteiger partial charge < -0.3 is 14.7 Å². The number of amides is 1. The zero-order chi connectivity index (χ0) is 22.0.